The molecule has 0 fully saturated rings. The zero-order chi connectivity index (χ0) is 23.4. The monoisotopic (exact) mass is 461 g/mol. The van der Waals surface area contributed by atoms with Crippen molar-refractivity contribution in [2.75, 3.05) is 43.0 Å². The summed E-state index contributed by atoms with van der Waals surface area (Å²) in [5, 5.41) is 16.1. The van der Waals surface area contributed by atoms with Gasteiger partial charge in [-0.05, 0) is 31.5 Å². The van der Waals surface area contributed by atoms with Gasteiger partial charge in [0.2, 0.25) is 5.95 Å². The maximum Gasteiger partial charge on any atom is 0.419 e. The third-order valence-corrected chi connectivity index (χ3v) is 5.36. The SMILES string of the molecule is CCCN(CCO)c1ccc2c(-c3nc(NC4=CCCNC4)ncc3C(F)(F)F)c[nH]c2n1. The summed E-state index contributed by atoms with van der Waals surface area (Å²) in [6.45, 7) is 4.55. The van der Waals surface area contributed by atoms with E-state index in [0.717, 1.165) is 31.3 Å². The Kier molecular flexibility index (Phi) is 6.80. The highest BCUT2D eigenvalue weighted by atomic mass is 19.4. The molecule has 0 amide bonds. The lowest BCUT2D eigenvalue weighted by atomic mass is 10.1. The van der Waals surface area contributed by atoms with Gasteiger partial charge in [-0.1, -0.05) is 13.0 Å². The van der Waals surface area contributed by atoms with Crippen LogP contribution >= 0.6 is 0 Å². The lowest BCUT2D eigenvalue weighted by molar-refractivity contribution is -0.137. The summed E-state index contributed by atoms with van der Waals surface area (Å²) < 4.78 is 41.4. The van der Waals surface area contributed by atoms with Gasteiger partial charge in [-0.15, -0.1) is 0 Å². The number of hydrogen-bond acceptors (Lipinski definition) is 7. The van der Waals surface area contributed by atoms with Crippen LogP contribution < -0.4 is 15.5 Å². The topological polar surface area (TPSA) is 102 Å². The van der Waals surface area contributed by atoms with Gasteiger partial charge in [0.1, 0.15) is 17.0 Å². The first-order chi connectivity index (χ1) is 15.9. The number of nitrogens with zero attached hydrogens (tertiary/aromatic N) is 4. The molecule has 33 heavy (non-hydrogen) atoms. The van der Waals surface area contributed by atoms with Crippen LogP contribution in [0.15, 0.2) is 36.3 Å². The summed E-state index contributed by atoms with van der Waals surface area (Å²) in [4.78, 5) is 17.6. The third kappa shape index (κ3) is 5.09. The van der Waals surface area contributed by atoms with Crippen LogP contribution in [0.2, 0.25) is 0 Å². The summed E-state index contributed by atoms with van der Waals surface area (Å²) in [5.74, 6) is 0.744. The number of aromatic nitrogens is 4. The number of nitrogens with one attached hydrogen (secondary N) is 3. The Morgan fingerprint density at radius 2 is 2.06 bits per heavy atom. The zero-order valence-electron chi connectivity index (χ0n) is 18.2. The molecular formula is C22H26F3N7O. The van der Waals surface area contributed by atoms with Crippen LogP contribution in [0.5, 0.6) is 0 Å². The van der Waals surface area contributed by atoms with Crippen LogP contribution in [0.1, 0.15) is 25.3 Å². The molecule has 4 heterocycles. The Bertz CT molecular complexity index is 1140. The second-order valence-corrected chi connectivity index (χ2v) is 7.75. The highest BCUT2D eigenvalue weighted by molar-refractivity contribution is 5.94. The van der Waals surface area contributed by atoms with Crippen molar-refractivity contribution in [3.8, 4) is 11.3 Å². The Labute approximate surface area is 189 Å². The molecule has 176 valence electrons. The lowest BCUT2D eigenvalue weighted by Crippen LogP contribution is -2.28. The highest BCUT2D eigenvalue weighted by Crippen LogP contribution is 2.38. The van der Waals surface area contributed by atoms with Crippen molar-refractivity contribution in [1.82, 2.24) is 25.3 Å². The second kappa shape index (κ2) is 9.75. The van der Waals surface area contributed by atoms with E-state index in [4.69, 9.17) is 0 Å². The maximum atomic E-state index is 13.8. The van der Waals surface area contributed by atoms with Crippen molar-refractivity contribution in [1.29, 1.82) is 0 Å². The number of hydrogen-bond donors (Lipinski definition) is 4. The van der Waals surface area contributed by atoms with Gasteiger partial charge in [-0.2, -0.15) is 13.2 Å². The summed E-state index contributed by atoms with van der Waals surface area (Å²) >= 11 is 0. The third-order valence-electron chi connectivity index (χ3n) is 5.36. The summed E-state index contributed by atoms with van der Waals surface area (Å²) in [5.41, 5.74) is 0.424. The number of alkyl halides is 3. The van der Waals surface area contributed by atoms with E-state index in [-0.39, 0.29) is 18.2 Å². The molecule has 0 saturated carbocycles. The largest absolute Gasteiger partial charge is 0.419 e. The normalized spacial score (nSPS) is 14.4. The minimum Gasteiger partial charge on any atom is -0.395 e. The summed E-state index contributed by atoms with van der Waals surface area (Å²) in [7, 11) is 0. The Morgan fingerprint density at radius 3 is 2.76 bits per heavy atom. The van der Waals surface area contributed by atoms with Crippen LogP contribution in [0, 0.1) is 0 Å². The van der Waals surface area contributed by atoms with Gasteiger partial charge in [0.25, 0.3) is 0 Å². The molecule has 0 aromatic carbocycles. The molecule has 0 bridgehead atoms. The lowest BCUT2D eigenvalue weighted by Gasteiger charge is -2.22. The van der Waals surface area contributed by atoms with E-state index < -0.39 is 11.7 Å². The van der Waals surface area contributed by atoms with E-state index in [0.29, 0.717) is 42.0 Å². The predicted molar refractivity (Wildman–Crippen MR) is 121 cm³/mol. The van der Waals surface area contributed by atoms with Gasteiger partial charge in [-0.25, -0.2) is 15.0 Å². The van der Waals surface area contributed by atoms with E-state index >= 15 is 0 Å². The molecule has 0 radical (unpaired) electrons. The van der Waals surface area contributed by atoms with E-state index in [1.165, 1.54) is 6.20 Å². The first kappa shape index (κ1) is 23.0. The van der Waals surface area contributed by atoms with Crippen LogP contribution in [0.3, 0.4) is 0 Å². The number of H-pyrrole nitrogens is 1. The fourth-order valence-electron chi connectivity index (χ4n) is 3.84. The van der Waals surface area contributed by atoms with E-state index in [9.17, 15) is 18.3 Å². The Balaban J connectivity index is 1.75. The quantitative estimate of drug-likeness (QED) is 0.407. The van der Waals surface area contributed by atoms with Gasteiger partial charge >= 0.3 is 6.18 Å². The number of aromatic amines is 1. The van der Waals surface area contributed by atoms with E-state index in [1.807, 2.05) is 17.9 Å². The zero-order valence-corrected chi connectivity index (χ0v) is 18.2. The molecule has 0 spiro atoms. The second-order valence-electron chi connectivity index (χ2n) is 7.75. The van der Waals surface area contributed by atoms with Crippen LogP contribution in [0.4, 0.5) is 24.9 Å². The van der Waals surface area contributed by atoms with E-state index in [2.05, 4.69) is 30.6 Å². The summed E-state index contributed by atoms with van der Waals surface area (Å²) in [6, 6.07) is 3.48. The van der Waals surface area contributed by atoms with Crippen molar-refractivity contribution in [2.45, 2.75) is 25.9 Å². The molecule has 3 aromatic rings. The van der Waals surface area contributed by atoms with Gasteiger partial charge in [0, 0.05) is 48.7 Å². The van der Waals surface area contributed by atoms with Crippen molar-refractivity contribution in [3.63, 3.8) is 0 Å². The number of fused-ring (bicyclic) bond motifs is 1. The van der Waals surface area contributed by atoms with Crippen molar-refractivity contribution in [3.05, 3.63) is 41.9 Å². The molecule has 4 N–H and O–H groups in total. The number of pyridine rings is 1. The average Bonchev–Trinajstić information content (AvgIpc) is 3.22. The minimum atomic E-state index is -4.62. The smallest absolute Gasteiger partial charge is 0.395 e. The molecule has 1 aliphatic heterocycles. The molecule has 0 atom stereocenters. The molecule has 1 aliphatic rings. The molecule has 8 nitrogen and oxygen atoms in total. The van der Waals surface area contributed by atoms with Gasteiger partial charge in [0.05, 0.1) is 12.3 Å². The fourth-order valence-corrected chi connectivity index (χ4v) is 3.84. The maximum absolute atomic E-state index is 13.8. The van der Waals surface area contributed by atoms with Crippen molar-refractivity contribution >= 4 is 22.8 Å². The Morgan fingerprint density at radius 1 is 1.21 bits per heavy atom. The number of rotatable bonds is 8. The van der Waals surface area contributed by atoms with Gasteiger partial charge < -0.3 is 25.6 Å². The molecule has 0 saturated heterocycles. The van der Waals surface area contributed by atoms with E-state index in [1.54, 1.807) is 12.1 Å². The minimum absolute atomic E-state index is 0.0205. The molecule has 4 rings (SSSR count). The number of halogens is 3. The Hall–Kier alpha value is -3.18. The standard InChI is InChI=1S/C22H26F3N7O/c1-2-8-32(9-10-33)18-6-5-15-16(12-27-20(15)30-18)19-17(22(23,24)25)13-28-21(31-19)29-14-4-3-7-26-11-14/h4-6,12-13,26,33H,2-3,7-11H2,1H3,(H,27,30)(H,28,29,31). The molecular weight excluding hydrogens is 435 g/mol. The van der Waals surface area contributed by atoms with Crippen LogP contribution in [-0.4, -0.2) is 57.8 Å². The number of aliphatic hydroxyl groups excluding tert-OH is 1. The van der Waals surface area contributed by atoms with Gasteiger partial charge in [0.15, 0.2) is 0 Å². The van der Waals surface area contributed by atoms with Crippen molar-refractivity contribution in [2.24, 2.45) is 0 Å². The molecule has 3 aromatic heterocycles. The first-order valence-corrected chi connectivity index (χ1v) is 10.9. The predicted octanol–water partition coefficient (Wildman–Crippen LogP) is 3.54. The highest BCUT2D eigenvalue weighted by Gasteiger charge is 2.36. The molecule has 0 unspecified atom stereocenters. The van der Waals surface area contributed by atoms with Crippen molar-refractivity contribution < 1.29 is 18.3 Å². The number of aliphatic hydroxyl groups is 1. The fraction of sp³-hybridized carbons (Fsp3) is 0.409. The first-order valence-electron chi connectivity index (χ1n) is 10.9. The summed E-state index contributed by atoms with van der Waals surface area (Å²) in [6.07, 6.45) is 1.34. The average molecular weight is 461 g/mol. The number of anilines is 2. The van der Waals surface area contributed by atoms with Crippen LogP contribution in [0.25, 0.3) is 22.3 Å². The molecule has 11 heteroatoms. The van der Waals surface area contributed by atoms with Gasteiger partial charge in [-0.3, -0.25) is 0 Å². The molecule has 0 aliphatic carbocycles. The van der Waals surface area contributed by atoms with Crippen LogP contribution in [-0.2, 0) is 6.18 Å².